The zero-order valence-electron chi connectivity index (χ0n) is 41.0. The molecule has 1 rings (SSSR count). The summed E-state index contributed by atoms with van der Waals surface area (Å²) in [5.74, 6) is -0.908. The third-order valence-electron chi connectivity index (χ3n) is 11.2. The molecule has 1 heterocycles. The lowest BCUT2D eigenvalue weighted by atomic mass is 10.0. The van der Waals surface area contributed by atoms with Crippen LogP contribution in [0.1, 0.15) is 206 Å². The van der Waals surface area contributed by atoms with Crippen LogP contribution in [0.25, 0.3) is 0 Å². The number of carbonyl (C=O) groups excluding carboxylic acids is 2. The topological polar surface area (TPSA) is 124 Å². The average molecular weight is 908 g/mol. The van der Waals surface area contributed by atoms with Gasteiger partial charge in [-0.15, -0.1) is 0 Å². The van der Waals surface area contributed by atoms with Gasteiger partial charge in [0.05, 0.1) is 40.0 Å². The third kappa shape index (κ3) is 41.1. The average Bonchev–Trinajstić information content (AvgIpc) is 3.99. The van der Waals surface area contributed by atoms with Crippen LogP contribution in [-0.4, -0.2) is 82.2 Å². The number of unbranched alkanes of at least 4 members (excludes halogenated alkanes) is 20. The number of rotatable bonds is 45. The van der Waals surface area contributed by atoms with Gasteiger partial charge in [0, 0.05) is 12.8 Å². The second kappa shape index (κ2) is 40.2. The highest BCUT2D eigenvalue weighted by atomic mass is 31.2. The highest BCUT2D eigenvalue weighted by molar-refractivity contribution is 7.45. The van der Waals surface area contributed by atoms with Gasteiger partial charge >= 0.3 is 11.9 Å². The first kappa shape index (κ1) is 58.9. The van der Waals surface area contributed by atoms with E-state index in [1.54, 1.807) is 0 Å². The van der Waals surface area contributed by atoms with Crippen molar-refractivity contribution in [1.82, 2.24) is 0 Å². The van der Waals surface area contributed by atoms with E-state index in [-0.39, 0.29) is 38.3 Å². The number of quaternary nitrogens is 1. The van der Waals surface area contributed by atoms with Gasteiger partial charge in [0.2, 0.25) is 0 Å². The van der Waals surface area contributed by atoms with Crippen LogP contribution in [0, 0.1) is 0 Å². The number of phosphoric acid groups is 1. The fourth-order valence-electron chi connectivity index (χ4n) is 7.15. The molecule has 3 unspecified atom stereocenters. The van der Waals surface area contributed by atoms with Gasteiger partial charge < -0.3 is 32.6 Å². The van der Waals surface area contributed by atoms with Crippen molar-refractivity contribution in [2.75, 3.05) is 47.5 Å². The number of carbonyl (C=O) groups is 2. The van der Waals surface area contributed by atoms with Crippen LogP contribution in [0.4, 0.5) is 0 Å². The summed E-state index contributed by atoms with van der Waals surface area (Å²) in [6, 6.07) is 0. The first-order chi connectivity index (χ1) is 30.5. The summed E-state index contributed by atoms with van der Waals surface area (Å²) < 4.78 is 39.8. The van der Waals surface area contributed by atoms with Crippen molar-refractivity contribution in [1.29, 1.82) is 0 Å². The van der Waals surface area contributed by atoms with Gasteiger partial charge in [-0.3, -0.25) is 14.2 Å². The number of phosphoric ester groups is 1. The number of nitrogens with zero attached hydrogens (tertiary/aromatic N) is 1. The van der Waals surface area contributed by atoms with Gasteiger partial charge in [0.15, 0.2) is 6.10 Å². The Morgan fingerprint density at radius 2 is 1.06 bits per heavy atom. The Hall–Kier alpha value is -2.07. The summed E-state index contributed by atoms with van der Waals surface area (Å²) in [6.07, 6.45) is 50.2. The second-order valence-corrected chi connectivity index (χ2v) is 20.0. The summed E-state index contributed by atoms with van der Waals surface area (Å²) >= 11 is 0. The molecule has 0 aliphatic carbocycles. The quantitative estimate of drug-likeness (QED) is 0.0147. The predicted molar refractivity (Wildman–Crippen MR) is 258 cm³/mol. The van der Waals surface area contributed by atoms with Crippen molar-refractivity contribution < 1.29 is 46.8 Å². The first-order valence-electron chi connectivity index (χ1n) is 25.5. The summed E-state index contributed by atoms with van der Waals surface area (Å²) in [6.45, 7) is 4.12. The highest BCUT2D eigenvalue weighted by Gasteiger charge is 2.36. The number of likely N-dealkylation sites (N-methyl/N-ethyl adjacent to an activating group) is 1. The lowest BCUT2D eigenvalue weighted by molar-refractivity contribution is -0.870. The van der Waals surface area contributed by atoms with E-state index < -0.39 is 32.5 Å². The Balaban J connectivity index is 2.26. The molecular weight excluding hydrogens is 814 g/mol. The molecule has 0 N–H and O–H groups in total. The van der Waals surface area contributed by atoms with E-state index in [0.29, 0.717) is 23.9 Å². The van der Waals surface area contributed by atoms with E-state index >= 15 is 0 Å². The van der Waals surface area contributed by atoms with Crippen LogP contribution >= 0.6 is 7.82 Å². The molecule has 63 heavy (non-hydrogen) atoms. The molecule has 0 spiro atoms. The molecule has 366 valence electrons. The standard InChI is InChI=1S/C52H94NO9P/c1-6-8-10-12-14-16-18-20-21-22-23-24-25-26-27-28-30-32-34-36-38-42-52(55)61-48(47-60-63(56,57)59-45-44-53(3,4)5)46-58-51(54)43-39-41-50-49(62-50)40-37-35-33-31-29-19-17-15-13-11-9-7-2/h15,17,20-21,29,31,35,37,48-50H,6-14,16,18-19,22-28,30,32-34,36,38-47H2,1-5H3/b17-15-,21-20-,31-29-,37-35-/t48-,49?,50?/m1/s1. The lowest BCUT2D eigenvalue weighted by Crippen LogP contribution is -2.37. The van der Waals surface area contributed by atoms with Crippen molar-refractivity contribution >= 4 is 19.8 Å². The molecule has 4 atom stereocenters. The number of esters is 2. The number of hydrogen-bond acceptors (Lipinski definition) is 9. The second-order valence-electron chi connectivity index (χ2n) is 18.6. The third-order valence-corrected chi connectivity index (χ3v) is 12.2. The summed E-state index contributed by atoms with van der Waals surface area (Å²) in [5.41, 5.74) is 0. The van der Waals surface area contributed by atoms with Crippen LogP contribution in [-0.2, 0) is 37.4 Å². The molecule has 0 bridgehead atoms. The molecule has 0 saturated carbocycles. The fraction of sp³-hybridized carbons (Fsp3) is 0.808. The van der Waals surface area contributed by atoms with Crippen molar-refractivity contribution in [2.45, 2.75) is 225 Å². The molecule has 11 heteroatoms. The zero-order chi connectivity index (χ0) is 46.1. The van der Waals surface area contributed by atoms with Gasteiger partial charge in [-0.2, -0.15) is 0 Å². The van der Waals surface area contributed by atoms with Crippen LogP contribution in [0.3, 0.4) is 0 Å². The Kier molecular flexibility index (Phi) is 37.6. The molecule has 1 aliphatic heterocycles. The molecule has 0 aromatic heterocycles. The monoisotopic (exact) mass is 908 g/mol. The number of hydrogen-bond donors (Lipinski definition) is 0. The Bertz CT molecular complexity index is 1280. The van der Waals surface area contributed by atoms with Crippen molar-refractivity contribution in [3.05, 3.63) is 48.6 Å². The Morgan fingerprint density at radius 3 is 1.65 bits per heavy atom. The number of ether oxygens (including phenoxy) is 3. The minimum Gasteiger partial charge on any atom is -0.756 e. The van der Waals surface area contributed by atoms with E-state index in [9.17, 15) is 19.0 Å². The molecular formula is C52H94NO9P. The summed E-state index contributed by atoms with van der Waals surface area (Å²) in [5, 5.41) is 0. The predicted octanol–water partition coefficient (Wildman–Crippen LogP) is 13.4. The van der Waals surface area contributed by atoms with Crippen molar-refractivity contribution in [3.63, 3.8) is 0 Å². The maximum atomic E-state index is 12.8. The molecule has 0 amide bonds. The SMILES string of the molecule is CCCCC/C=C\C/C=C\C/C=C\CC1OC1CCCC(=O)OC[C@H](COP(=O)([O-])OCC[N+](C)(C)C)OC(=O)CCCCCCCCCCCCC/C=C\CCCCCCCC. The maximum absolute atomic E-state index is 12.8. The summed E-state index contributed by atoms with van der Waals surface area (Å²) in [7, 11) is 1.12. The minimum absolute atomic E-state index is 0.0439. The fourth-order valence-corrected chi connectivity index (χ4v) is 7.88. The molecule has 1 aliphatic rings. The van der Waals surface area contributed by atoms with Crippen LogP contribution < -0.4 is 4.89 Å². The lowest BCUT2D eigenvalue weighted by Gasteiger charge is -2.28. The molecule has 0 aromatic carbocycles. The van der Waals surface area contributed by atoms with Gasteiger partial charge in [-0.25, -0.2) is 0 Å². The van der Waals surface area contributed by atoms with E-state index in [1.807, 2.05) is 21.1 Å². The van der Waals surface area contributed by atoms with Gasteiger partial charge in [0.25, 0.3) is 7.82 Å². The van der Waals surface area contributed by atoms with E-state index in [4.69, 9.17) is 23.3 Å². The van der Waals surface area contributed by atoms with Crippen LogP contribution in [0.2, 0.25) is 0 Å². The number of epoxide rings is 1. The molecule has 10 nitrogen and oxygen atoms in total. The van der Waals surface area contributed by atoms with E-state index in [1.165, 1.54) is 122 Å². The maximum Gasteiger partial charge on any atom is 0.306 e. The number of allylic oxidation sites excluding steroid dienone is 7. The van der Waals surface area contributed by atoms with Gasteiger partial charge in [-0.05, 0) is 77.0 Å². The molecule has 1 saturated heterocycles. The normalized spacial score (nSPS) is 17.0. The molecule has 0 radical (unpaired) electrons. The Labute approximate surface area is 386 Å². The highest BCUT2D eigenvalue weighted by Crippen LogP contribution is 2.38. The minimum atomic E-state index is -4.65. The van der Waals surface area contributed by atoms with Gasteiger partial charge in [-0.1, -0.05) is 165 Å². The van der Waals surface area contributed by atoms with Crippen molar-refractivity contribution in [3.8, 4) is 0 Å². The van der Waals surface area contributed by atoms with Crippen LogP contribution in [0.15, 0.2) is 48.6 Å². The van der Waals surface area contributed by atoms with Crippen LogP contribution in [0.5, 0.6) is 0 Å². The van der Waals surface area contributed by atoms with E-state index in [2.05, 4.69) is 62.5 Å². The zero-order valence-corrected chi connectivity index (χ0v) is 41.9. The van der Waals surface area contributed by atoms with E-state index in [0.717, 1.165) is 44.9 Å². The summed E-state index contributed by atoms with van der Waals surface area (Å²) in [4.78, 5) is 37.8. The smallest absolute Gasteiger partial charge is 0.306 e. The largest absolute Gasteiger partial charge is 0.756 e. The Morgan fingerprint density at radius 1 is 0.587 bits per heavy atom. The molecule has 1 fully saturated rings. The molecule has 0 aromatic rings. The first-order valence-corrected chi connectivity index (χ1v) is 26.9. The van der Waals surface area contributed by atoms with Gasteiger partial charge in [0.1, 0.15) is 19.8 Å². The van der Waals surface area contributed by atoms with Crippen molar-refractivity contribution in [2.24, 2.45) is 0 Å².